The van der Waals surface area contributed by atoms with Gasteiger partial charge in [0.25, 0.3) is 0 Å². The SMILES string of the molecule is CC.CC.[B]c1cc(C)nn1C. The van der Waals surface area contributed by atoms with Gasteiger partial charge in [-0.3, -0.25) is 4.68 Å². The van der Waals surface area contributed by atoms with Crippen LogP contribution in [-0.4, -0.2) is 17.6 Å². The van der Waals surface area contributed by atoms with Crippen LogP contribution >= 0.6 is 0 Å². The third-order valence-electron chi connectivity index (χ3n) is 1.04. The van der Waals surface area contributed by atoms with Crippen LogP contribution in [0.2, 0.25) is 0 Å². The molecule has 12 heavy (non-hydrogen) atoms. The zero-order valence-corrected chi connectivity index (χ0v) is 9.05. The van der Waals surface area contributed by atoms with E-state index < -0.39 is 0 Å². The van der Waals surface area contributed by atoms with E-state index in [9.17, 15) is 0 Å². The lowest BCUT2D eigenvalue weighted by molar-refractivity contribution is 0.776. The van der Waals surface area contributed by atoms with Crippen LogP contribution in [0.1, 0.15) is 33.4 Å². The van der Waals surface area contributed by atoms with Gasteiger partial charge in [-0.25, -0.2) is 0 Å². The van der Waals surface area contributed by atoms with E-state index in [2.05, 4.69) is 5.10 Å². The Bertz CT molecular complexity index is 175. The molecule has 1 rings (SSSR count). The monoisotopic (exact) mass is 166 g/mol. The largest absolute Gasteiger partial charge is 0.283 e. The van der Waals surface area contributed by atoms with E-state index >= 15 is 0 Å². The highest BCUT2D eigenvalue weighted by Crippen LogP contribution is 1.83. The van der Waals surface area contributed by atoms with E-state index in [-0.39, 0.29) is 0 Å². The fourth-order valence-corrected chi connectivity index (χ4v) is 0.631. The minimum atomic E-state index is 0.711. The summed E-state index contributed by atoms with van der Waals surface area (Å²) in [7, 11) is 7.26. The minimum absolute atomic E-state index is 0.711. The molecule has 1 heterocycles. The normalized spacial score (nSPS) is 7.50. The first kappa shape index (κ1) is 13.8. The van der Waals surface area contributed by atoms with Crippen molar-refractivity contribution in [2.24, 2.45) is 7.05 Å². The molecule has 0 aliphatic heterocycles. The van der Waals surface area contributed by atoms with E-state index in [1.165, 1.54) is 0 Å². The van der Waals surface area contributed by atoms with Crippen molar-refractivity contribution in [3.63, 3.8) is 0 Å². The smallest absolute Gasteiger partial charge is 0.141 e. The average Bonchev–Trinajstić information content (AvgIpc) is 2.37. The molecule has 2 radical (unpaired) electrons. The summed E-state index contributed by atoms with van der Waals surface area (Å²) in [6, 6.07) is 1.83. The Morgan fingerprint density at radius 3 is 1.75 bits per heavy atom. The molecule has 0 spiro atoms. The van der Waals surface area contributed by atoms with Crippen LogP contribution < -0.4 is 5.59 Å². The Labute approximate surface area is 77.4 Å². The third kappa shape index (κ3) is 5.00. The Morgan fingerprint density at radius 1 is 1.25 bits per heavy atom. The molecule has 0 saturated carbocycles. The van der Waals surface area contributed by atoms with E-state index in [1.807, 2.05) is 47.7 Å². The number of nitrogens with zero attached hydrogens (tertiary/aromatic N) is 2. The first-order valence-corrected chi connectivity index (χ1v) is 4.46. The van der Waals surface area contributed by atoms with Crippen molar-refractivity contribution in [2.45, 2.75) is 34.6 Å². The summed E-state index contributed by atoms with van der Waals surface area (Å²) in [5, 5.41) is 4.00. The van der Waals surface area contributed by atoms with Crippen molar-refractivity contribution in [2.75, 3.05) is 0 Å². The summed E-state index contributed by atoms with van der Waals surface area (Å²) in [5.41, 5.74) is 1.67. The molecule has 0 bridgehead atoms. The Kier molecular flexibility index (Phi) is 9.65. The predicted octanol–water partition coefficient (Wildman–Crippen LogP) is 1.57. The molecule has 0 atom stereocenters. The predicted molar refractivity (Wildman–Crippen MR) is 56.0 cm³/mol. The van der Waals surface area contributed by atoms with Gasteiger partial charge in [-0.2, -0.15) is 5.10 Å². The second kappa shape index (κ2) is 8.37. The molecule has 0 amide bonds. The van der Waals surface area contributed by atoms with Crippen LogP contribution in [0.15, 0.2) is 6.07 Å². The number of aromatic nitrogens is 2. The van der Waals surface area contributed by atoms with Gasteiger partial charge >= 0.3 is 0 Å². The van der Waals surface area contributed by atoms with Gasteiger partial charge in [-0.1, -0.05) is 27.7 Å². The second-order valence-corrected chi connectivity index (χ2v) is 1.83. The molecule has 68 valence electrons. The minimum Gasteiger partial charge on any atom is -0.283 e. The van der Waals surface area contributed by atoms with Crippen molar-refractivity contribution in [1.82, 2.24) is 9.78 Å². The lowest BCUT2D eigenvalue weighted by atomic mass is 10.1. The van der Waals surface area contributed by atoms with E-state index in [1.54, 1.807) is 4.68 Å². The molecule has 1 aromatic heterocycles. The highest BCUT2D eigenvalue weighted by Gasteiger charge is 1.91. The number of hydrogen-bond acceptors (Lipinski definition) is 1. The van der Waals surface area contributed by atoms with Crippen LogP contribution in [0, 0.1) is 6.92 Å². The van der Waals surface area contributed by atoms with Crippen molar-refractivity contribution in [3.8, 4) is 0 Å². The molecule has 0 saturated heterocycles. The number of rotatable bonds is 0. The van der Waals surface area contributed by atoms with Crippen LogP contribution in [0.25, 0.3) is 0 Å². The maximum absolute atomic E-state index is 5.44. The van der Waals surface area contributed by atoms with Gasteiger partial charge in [0.05, 0.1) is 5.69 Å². The first-order chi connectivity index (χ1) is 5.70. The average molecular weight is 166 g/mol. The Morgan fingerprint density at radius 2 is 1.67 bits per heavy atom. The molecule has 0 aliphatic carbocycles. The van der Waals surface area contributed by atoms with Gasteiger partial charge in [0.2, 0.25) is 0 Å². The lowest BCUT2D eigenvalue weighted by Gasteiger charge is -1.88. The molecule has 3 heteroatoms. The zero-order valence-electron chi connectivity index (χ0n) is 9.05. The Hall–Kier alpha value is -0.725. The topological polar surface area (TPSA) is 17.8 Å². The molecule has 0 unspecified atom stereocenters. The molecular formula is C9H19BN2. The molecule has 2 nitrogen and oxygen atoms in total. The van der Waals surface area contributed by atoms with E-state index in [0.717, 1.165) is 5.69 Å². The van der Waals surface area contributed by atoms with Crippen LogP contribution in [0.4, 0.5) is 0 Å². The molecule has 0 aliphatic rings. The summed E-state index contributed by atoms with van der Waals surface area (Å²) < 4.78 is 1.65. The van der Waals surface area contributed by atoms with Crippen LogP contribution in [-0.2, 0) is 7.05 Å². The fourth-order valence-electron chi connectivity index (χ4n) is 0.631. The van der Waals surface area contributed by atoms with Crippen molar-refractivity contribution < 1.29 is 0 Å². The van der Waals surface area contributed by atoms with Crippen LogP contribution in [0.5, 0.6) is 0 Å². The fraction of sp³-hybridized carbons (Fsp3) is 0.667. The van der Waals surface area contributed by atoms with Gasteiger partial charge in [-0.15, -0.1) is 0 Å². The highest BCUT2D eigenvalue weighted by atomic mass is 15.3. The van der Waals surface area contributed by atoms with Crippen LogP contribution in [0.3, 0.4) is 0 Å². The van der Waals surface area contributed by atoms with Crippen molar-refractivity contribution >= 4 is 13.4 Å². The number of hydrogen-bond donors (Lipinski definition) is 0. The van der Waals surface area contributed by atoms with Gasteiger partial charge in [0.1, 0.15) is 7.85 Å². The quantitative estimate of drug-likeness (QED) is 0.535. The second-order valence-electron chi connectivity index (χ2n) is 1.83. The molecule has 0 fully saturated rings. The first-order valence-electron chi connectivity index (χ1n) is 4.46. The molecular weight excluding hydrogens is 147 g/mol. The summed E-state index contributed by atoms with van der Waals surface area (Å²) in [6.45, 7) is 9.91. The van der Waals surface area contributed by atoms with Gasteiger partial charge in [0.15, 0.2) is 0 Å². The maximum Gasteiger partial charge on any atom is 0.141 e. The number of aryl methyl sites for hydroxylation is 2. The van der Waals surface area contributed by atoms with Gasteiger partial charge in [0, 0.05) is 7.05 Å². The molecule has 1 aromatic rings. The zero-order chi connectivity index (χ0) is 10.1. The standard InChI is InChI=1S/C5H7BN2.2C2H6/c1-4-3-5(6)8(2)7-4;2*1-2/h3H,1-2H3;2*1-2H3. The Balaban J connectivity index is 0. The maximum atomic E-state index is 5.44. The van der Waals surface area contributed by atoms with Crippen molar-refractivity contribution in [1.29, 1.82) is 0 Å². The summed E-state index contributed by atoms with van der Waals surface area (Å²) in [6.07, 6.45) is 0. The highest BCUT2D eigenvalue weighted by molar-refractivity contribution is 6.30. The van der Waals surface area contributed by atoms with E-state index in [4.69, 9.17) is 7.85 Å². The summed E-state index contributed by atoms with van der Waals surface area (Å²) >= 11 is 0. The van der Waals surface area contributed by atoms with Gasteiger partial charge < -0.3 is 0 Å². The third-order valence-corrected chi connectivity index (χ3v) is 1.04. The summed E-state index contributed by atoms with van der Waals surface area (Å²) in [5.74, 6) is 0. The lowest BCUT2D eigenvalue weighted by Crippen LogP contribution is -2.13. The molecule has 0 aromatic carbocycles. The van der Waals surface area contributed by atoms with E-state index in [0.29, 0.717) is 5.59 Å². The van der Waals surface area contributed by atoms with Crippen molar-refractivity contribution in [3.05, 3.63) is 11.8 Å². The molecule has 0 N–H and O–H groups in total. The van der Waals surface area contributed by atoms with Gasteiger partial charge in [-0.05, 0) is 18.6 Å². The summed E-state index contributed by atoms with van der Waals surface area (Å²) in [4.78, 5) is 0.